The Labute approximate surface area is 192 Å². The normalized spacial score (nSPS) is 15.4. The zero-order chi connectivity index (χ0) is 22.6. The van der Waals surface area contributed by atoms with Crippen molar-refractivity contribution in [1.29, 1.82) is 0 Å². The minimum absolute atomic E-state index is 0.0709. The molecular formula is C26H19BrFNO3. The number of carbonyl (C=O) groups excluding carboxylic acids is 1. The highest BCUT2D eigenvalue weighted by molar-refractivity contribution is 9.10. The molecule has 0 saturated heterocycles. The van der Waals surface area contributed by atoms with Gasteiger partial charge in [-0.25, -0.2) is 4.39 Å². The lowest BCUT2D eigenvalue weighted by Crippen LogP contribution is -2.29. The fourth-order valence-electron chi connectivity index (χ4n) is 4.45. The molecule has 0 bridgehead atoms. The smallest absolute Gasteiger partial charge is 0.291 e. The number of halogens is 2. The molecule has 0 saturated carbocycles. The molecule has 160 valence electrons. The summed E-state index contributed by atoms with van der Waals surface area (Å²) in [6, 6.07) is 16.7. The Morgan fingerprint density at radius 1 is 1.03 bits per heavy atom. The van der Waals surface area contributed by atoms with Gasteiger partial charge in [0.05, 0.1) is 17.0 Å². The summed E-state index contributed by atoms with van der Waals surface area (Å²) in [5, 5.41) is 0.470. The van der Waals surface area contributed by atoms with Gasteiger partial charge in [-0.15, -0.1) is 0 Å². The van der Waals surface area contributed by atoms with Gasteiger partial charge in [0.1, 0.15) is 11.4 Å². The van der Waals surface area contributed by atoms with Crippen molar-refractivity contribution in [3.05, 3.63) is 115 Å². The topological polar surface area (TPSA) is 50.5 Å². The van der Waals surface area contributed by atoms with Crippen LogP contribution in [0.25, 0.3) is 11.0 Å². The van der Waals surface area contributed by atoms with Crippen molar-refractivity contribution in [2.45, 2.75) is 26.4 Å². The molecule has 5 rings (SSSR count). The summed E-state index contributed by atoms with van der Waals surface area (Å²) in [6.45, 7) is 4.01. The van der Waals surface area contributed by atoms with Gasteiger partial charge in [-0.3, -0.25) is 9.59 Å². The van der Waals surface area contributed by atoms with Gasteiger partial charge in [-0.05, 0) is 66.4 Å². The Morgan fingerprint density at radius 2 is 1.78 bits per heavy atom. The minimum atomic E-state index is -0.610. The van der Waals surface area contributed by atoms with Gasteiger partial charge >= 0.3 is 0 Å². The lowest BCUT2D eigenvalue weighted by atomic mass is 9.97. The van der Waals surface area contributed by atoms with E-state index >= 15 is 0 Å². The van der Waals surface area contributed by atoms with Crippen LogP contribution in [0.1, 0.15) is 44.4 Å². The summed E-state index contributed by atoms with van der Waals surface area (Å²) in [4.78, 5) is 28.8. The third kappa shape index (κ3) is 3.35. The molecule has 0 spiro atoms. The molecule has 32 heavy (non-hydrogen) atoms. The second kappa shape index (κ2) is 7.71. The number of hydrogen-bond donors (Lipinski definition) is 0. The number of benzene rings is 3. The van der Waals surface area contributed by atoms with Gasteiger partial charge in [0.25, 0.3) is 5.91 Å². The highest BCUT2D eigenvalue weighted by Gasteiger charge is 2.42. The third-order valence-electron chi connectivity index (χ3n) is 5.83. The van der Waals surface area contributed by atoms with E-state index in [-0.39, 0.29) is 29.5 Å². The zero-order valence-electron chi connectivity index (χ0n) is 17.5. The Balaban J connectivity index is 1.75. The molecular weight excluding hydrogens is 473 g/mol. The number of hydrogen-bond acceptors (Lipinski definition) is 3. The quantitative estimate of drug-likeness (QED) is 0.350. The molecule has 4 aromatic rings. The molecule has 3 aromatic carbocycles. The van der Waals surface area contributed by atoms with Crippen molar-refractivity contribution < 1.29 is 13.6 Å². The first kappa shape index (κ1) is 20.6. The van der Waals surface area contributed by atoms with E-state index in [2.05, 4.69) is 15.9 Å². The first-order valence-corrected chi connectivity index (χ1v) is 11.0. The zero-order valence-corrected chi connectivity index (χ0v) is 19.1. The molecule has 2 heterocycles. The molecule has 1 aliphatic heterocycles. The predicted octanol–water partition coefficient (Wildman–Crippen LogP) is 6.06. The van der Waals surface area contributed by atoms with Crippen molar-refractivity contribution >= 4 is 32.8 Å². The Bertz CT molecular complexity index is 1440. The van der Waals surface area contributed by atoms with Crippen molar-refractivity contribution in [3.8, 4) is 0 Å². The van der Waals surface area contributed by atoms with E-state index in [1.165, 1.54) is 12.1 Å². The van der Waals surface area contributed by atoms with Crippen LogP contribution >= 0.6 is 15.9 Å². The number of rotatable bonds is 3. The van der Waals surface area contributed by atoms with Crippen LogP contribution in [0.3, 0.4) is 0 Å². The Morgan fingerprint density at radius 3 is 2.50 bits per heavy atom. The maximum absolute atomic E-state index is 13.7. The number of carbonyl (C=O) groups is 1. The van der Waals surface area contributed by atoms with Crippen LogP contribution in [0.2, 0.25) is 0 Å². The third-order valence-corrected chi connectivity index (χ3v) is 6.32. The summed E-state index contributed by atoms with van der Waals surface area (Å²) < 4.78 is 20.4. The standard InChI is InChI=1S/C26H19BrFNO3/c1-14-10-15(2)24-20(11-14)23(30)21-22(17-4-3-5-18(27)12-17)29(26(31)25(21)32-24)13-16-6-8-19(28)9-7-16/h3-12,22H,13H2,1-2H3. The number of nitrogens with zero attached hydrogens (tertiary/aromatic N) is 1. The predicted molar refractivity (Wildman–Crippen MR) is 124 cm³/mol. The molecule has 6 heteroatoms. The molecule has 1 unspecified atom stereocenters. The van der Waals surface area contributed by atoms with Gasteiger partial charge in [0.2, 0.25) is 5.76 Å². The van der Waals surface area contributed by atoms with Gasteiger partial charge in [-0.1, -0.05) is 46.3 Å². The maximum atomic E-state index is 13.7. The molecule has 1 atom stereocenters. The summed E-state index contributed by atoms with van der Waals surface area (Å²) in [6.07, 6.45) is 0. The number of aryl methyl sites for hydroxylation is 2. The molecule has 1 aromatic heterocycles. The van der Waals surface area contributed by atoms with Crippen LogP contribution in [0.4, 0.5) is 4.39 Å². The molecule has 1 amide bonds. The summed E-state index contributed by atoms with van der Waals surface area (Å²) in [7, 11) is 0. The van der Waals surface area contributed by atoms with Crippen LogP contribution in [-0.4, -0.2) is 10.8 Å². The van der Waals surface area contributed by atoms with Crippen LogP contribution < -0.4 is 5.43 Å². The van der Waals surface area contributed by atoms with Crippen molar-refractivity contribution in [3.63, 3.8) is 0 Å². The monoisotopic (exact) mass is 491 g/mol. The van der Waals surface area contributed by atoms with Crippen LogP contribution in [-0.2, 0) is 6.54 Å². The molecule has 1 aliphatic rings. The van der Waals surface area contributed by atoms with Crippen LogP contribution in [0.15, 0.2) is 74.3 Å². The average Bonchev–Trinajstić information content (AvgIpc) is 3.03. The van der Waals surface area contributed by atoms with E-state index in [4.69, 9.17) is 4.42 Å². The molecule has 4 nitrogen and oxygen atoms in total. The van der Waals surface area contributed by atoms with E-state index in [1.54, 1.807) is 23.1 Å². The van der Waals surface area contributed by atoms with Crippen molar-refractivity contribution in [2.24, 2.45) is 0 Å². The van der Waals surface area contributed by atoms with E-state index in [0.29, 0.717) is 16.5 Å². The molecule has 0 N–H and O–H groups in total. The maximum Gasteiger partial charge on any atom is 0.291 e. The SMILES string of the molecule is Cc1cc(C)c2oc3c(c(=O)c2c1)C(c1cccc(Br)c1)N(Cc1ccc(F)cc1)C3=O. The van der Waals surface area contributed by atoms with Gasteiger partial charge < -0.3 is 9.32 Å². The van der Waals surface area contributed by atoms with Gasteiger partial charge in [0, 0.05) is 11.0 Å². The Hall–Kier alpha value is -3.25. The second-order valence-electron chi connectivity index (χ2n) is 8.15. The van der Waals surface area contributed by atoms with E-state index in [1.807, 2.05) is 44.2 Å². The summed E-state index contributed by atoms with van der Waals surface area (Å²) >= 11 is 3.49. The fourth-order valence-corrected chi connectivity index (χ4v) is 4.86. The first-order valence-electron chi connectivity index (χ1n) is 10.2. The van der Waals surface area contributed by atoms with Crippen molar-refractivity contribution in [1.82, 2.24) is 4.90 Å². The molecule has 0 radical (unpaired) electrons. The van der Waals surface area contributed by atoms with Crippen molar-refractivity contribution in [2.75, 3.05) is 0 Å². The minimum Gasteiger partial charge on any atom is -0.450 e. The van der Waals surface area contributed by atoms with E-state index < -0.39 is 6.04 Å². The van der Waals surface area contributed by atoms with E-state index in [9.17, 15) is 14.0 Å². The highest BCUT2D eigenvalue weighted by atomic mass is 79.9. The summed E-state index contributed by atoms with van der Waals surface area (Å²) in [5.74, 6) is -0.628. The molecule has 0 aliphatic carbocycles. The number of amides is 1. The lowest BCUT2D eigenvalue weighted by Gasteiger charge is -2.25. The average molecular weight is 492 g/mol. The summed E-state index contributed by atoms with van der Waals surface area (Å²) in [5.41, 5.74) is 3.89. The first-order chi connectivity index (χ1) is 15.3. The van der Waals surface area contributed by atoms with Crippen LogP contribution in [0, 0.1) is 19.7 Å². The second-order valence-corrected chi connectivity index (χ2v) is 9.07. The fraction of sp³-hybridized carbons (Fsp3) is 0.154. The van der Waals surface area contributed by atoms with E-state index in [0.717, 1.165) is 26.7 Å². The van der Waals surface area contributed by atoms with Gasteiger partial charge in [0.15, 0.2) is 5.43 Å². The largest absolute Gasteiger partial charge is 0.450 e. The van der Waals surface area contributed by atoms with Gasteiger partial charge in [-0.2, -0.15) is 0 Å². The number of fused-ring (bicyclic) bond motifs is 2. The van der Waals surface area contributed by atoms with Crippen LogP contribution in [0.5, 0.6) is 0 Å². The highest BCUT2D eigenvalue weighted by Crippen LogP contribution is 2.40. The lowest BCUT2D eigenvalue weighted by molar-refractivity contribution is 0.0714. The Kier molecular flexibility index (Phi) is 4.97. The molecule has 0 fully saturated rings.